The molecule has 8 heteroatoms. The van der Waals surface area contributed by atoms with E-state index in [4.69, 9.17) is 9.73 Å². The average Bonchev–Trinajstić information content (AvgIpc) is 2.95. The molecule has 2 aromatic carbocycles. The molecule has 1 atom stereocenters. The normalized spacial score (nSPS) is 20.1. The maximum atomic E-state index is 13.8. The van der Waals surface area contributed by atoms with Gasteiger partial charge in [0.1, 0.15) is 11.5 Å². The van der Waals surface area contributed by atoms with Crippen molar-refractivity contribution in [2.45, 2.75) is 45.5 Å². The second kappa shape index (κ2) is 8.49. The Labute approximate surface area is 197 Å². The molecule has 1 unspecified atom stereocenters. The summed E-state index contributed by atoms with van der Waals surface area (Å²) in [5.41, 5.74) is 1.33. The van der Waals surface area contributed by atoms with E-state index in [1.54, 1.807) is 37.4 Å². The van der Waals surface area contributed by atoms with E-state index in [1.165, 1.54) is 11.0 Å². The van der Waals surface area contributed by atoms with Crippen molar-refractivity contribution in [3.8, 4) is 5.75 Å². The summed E-state index contributed by atoms with van der Waals surface area (Å²) in [6.45, 7) is 8.36. The Morgan fingerprint density at radius 1 is 1.15 bits per heavy atom. The van der Waals surface area contributed by atoms with Crippen LogP contribution in [0.1, 0.15) is 44.9 Å². The fourth-order valence-electron chi connectivity index (χ4n) is 4.46. The van der Waals surface area contributed by atoms with Crippen molar-refractivity contribution in [3.63, 3.8) is 0 Å². The number of carbonyl (C=O) groups is 1. The molecule has 0 aromatic heterocycles. The van der Waals surface area contributed by atoms with Crippen molar-refractivity contribution in [1.29, 1.82) is 0 Å². The lowest BCUT2D eigenvalue weighted by molar-refractivity contribution is -0.137. The third-order valence-corrected chi connectivity index (χ3v) is 6.08. The summed E-state index contributed by atoms with van der Waals surface area (Å²) in [4.78, 5) is 20.2. The summed E-state index contributed by atoms with van der Waals surface area (Å²) in [7, 11) is 1.54. The van der Waals surface area contributed by atoms with Crippen LogP contribution in [0.3, 0.4) is 0 Å². The number of carbonyl (C=O) groups excluding carboxylic acids is 1. The van der Waals surface area contributed by atoms with Crippen molar-refractivity contribution in [1.82, 2.24) is 5.32 Å². The van der Waals surface area contributed by atoms with Crippen molar-refractivity contribution < 1.29 is 22.7 Å². The van der Waals surface area contributed by atoms with E-state index in [0.29, 0.717) is 29.1 Å². The van der Waals surface area contributed by atoms with Gasteiger partial charge < -0.3 is 10.1 Å². The van der Waals surface area contributed by atoms with Gasteiger partial charge in [0.25, 0.3) is 5.91 Å². The van der Waals surface area contributed by atoms with Gasteiger partial charge in [-0.2, -0.15) is 13.2 Å². The van der Waals surface area contributed by atoms with Gasteiger partial charge >= 0.3 is 6.18 Å². The van der Waals surface area contributed by atoms with Crippen molar-refractivity contribution in [3.05, 3.63) is 70.9 Å². The van der Waals surface area contributed by atoms with Gasteiger partial charge in [0.05, 0.1) is 24.3 Å². The number of nitrogens with zero attached hydrogens (tertiary/aromatic N) is 2. The van der Waals surface area contributed by atoms with E-state index in [9.17, 15) is 18.0 Å². The Balaban J connectivity index is 2.00. The van der Waals surface area contributed by atoms with Crippen LogP contribution in [0.2, 0.25) is 0 Å². The number of anilines is 1. The fraction of sp³-hybridized carbons (Fsp3) is 0.385. The van der Waals surface area contributed by atoms with Gasteiger partial charge in [-0.1, -0.05) is 26.0 Å². The molecular weight excluding hydrogens is 443 g/mol. The standard InChI is InChI=1S/C26H28F3N3O2/c1-15(2)21-20-22(31-25(3,4)14-30-21)24(33)32(18-9-11-19(34-5)12-10-18)23(20)16-7-6-8-17(13-16)26(27,28)29/h6-13,15,23,30H,14H2,1-5H3. The summed E-state index contributed by atoms with van der Waals surface area (Å²) in [5.74, 6) is 0.283. The minimum absolute atomic E-state index is 0.00557. The SMILES string of the molecule is COc1ccc(N2C(=O)C3=NC(C)(C)CNC(C(C)C)=C3C2c2cccc(C(F)(F)F)c2)cc1. The second-order valence-corrected chi connectivity index (χ2v) is 9.51. The lowest BCUT2D eigenvalue weighted by atomic mass is 9.91. The molecule has 0 bridgehead atoms. The second-order valence-electron chi connectivity index (χ2n) is 9.51. The number of hydrogen-bond donors (Lipinski definition) is 1. The zero-order valence-corrected chi connectivity index (χ0v) is 19.8. The Hall–Kier alpha value is -3.29. The van der Waals surface area contributed by atoms with Crippen LogP contribution >= 0.6 is 0 Å². The number of aliphatic imine (C=N–C) groups is 1. The van der Waals surface area contributed by atoms with Crippen LogP contribution in [-0.4, -0.2) is 30.8 Å². The van der Waals surface area contributed by atoms with E-state index in [2.05, 4.69) is 5.32 Å². The van der Waals surface area contributed by atoms with Crippen LogP contribution in [0.5, 0.6) is 5.75 Å². The number of amides is 1. The Kier molecular flexibility index (Phi) is 5.96. The average molecular weight is 472 g/mol. The number of methoxy groups -OCH3 is 1. The summed E-state index contributed by atoms with van der Waals surface area (Å²) >= 11 is 0. The smallest absolute Gasteiger partial charge is 0.416 e. The van der Waals surface area contributed by atoms with Crippen LogP contribution in [0.25, 0.3) is 0 Å². The van der Waals surface area contributed by atoms with Crippen molar-refractivity contribution >= 4 is 17.3 Å². The van der Waals surface area contributed by atoms with Crippen LogP contribution in [0.15, 0.2) is 64.8 Å². The molecule has 0 aliphatic carbocycles. The highest BCUT2D eigenvalue weighted by molar-refractivity contribution is 6.53. The van der Waals surface area contributed by atoms with Gasteiger partial charge in [0, 0.05) is 23.5 Å². The molecule has 180 valence electrons. The molecule has 1 saturated heterocycles. The molecule has 1 N–H and O–H groups in total. The van der Waals surface area contributed by atoms with Gasteiger partial charge in [-0.25, -0.2) is 0 Å². The molecular formula is C26H28F3N3O2. The predicted octanol–water partition coefficient (Wildman–Crippen LogP) is 5.53. The molecule has 1 amide bonds. The lowest BCUT2D eigenvalue weighted by Crippen LogP contribution is -2.35. The first kappa shape index (κ1) is 23.9. The quantitative estimate of drug-likeness (QED) is 0.638. The van der Waals surface area contributed by atoms with E-state index < -0.39 is 23.3 Å². The highest BCUT2D eigenvalue weighted by atomic mass is 19.4. The number of benzene rings is 2. The van der Waals surface area contributed by atoms with E-state index in [0.717, 1.165) is 17.8 Å². The molecule has 34 heavy (non-hydrogen) atoms. The molecule has 0 radical (unpaired) electrons. The monoisotopic (exact) mass is 471 g/mol. The molecule has 0 spiro atoms. The summed E-state index contributed by atoms with van der Waals surface area (Å²) in [5, 5.41) is 3.44. The van der Waals surface area contributed by atoms with Gasteiger partial charge in [-0.15, -0.1) is 0 Å². The van der Waals surface area contributed by atoms with E-state index in [1.807, 2.05) is 27.7 Å². The topological polar surface area (TPSA) is 53.9 Å². The third-order valence-electron chi connectivity index (χ3n) is 6.08. The highest BCUT2D eigenvalue weighted by Gasteiger charge is 2.47. The molecule has 0 saturated carbocycles. The van der Waals surface area contributed by atoms with Crippen molar-refractivity contribution in [2.24, 2.45) is 10.9 Å². The molecule has 2 aromatic rings. The van der Waals surface area contributed by atoms with Gasteiger partial charge in [-0.3, -0.25) is 14.7 Å². The molecule has 4 rings (SSSR count). The highest BCUT2D eigenvalue weighted by Crippen LogP contribution is 2.44. The number of ether oxygens (including phenoxy) is 1. The maximum Gasteiger partial charge on any atom is 0.416 e. The lowest BCUT2D eigenvalue weighted by Gasteiger charge is -2.28. The van der Waals surface area contributed by atoms with Crippen LogP contribution in [0.4, 0.5) is 18.9 Å². The van der Waals surface area contributed by atoms with Crippen molar-refractivity contribution in [2.75, 3.05) is 18.6 Å². The number of halogens is 3. The first-order valence-electron chi connectivity index (χ1n) is 11.2. The molecule has 2 aliphatic heterocycles. The van der Waals surface area contributed by atoms with Gasteiger partial charge in [0.2, 0.25) is 0 Å². The van der Waals surface area contributed by atoms with E-state index in [-0.39, 0.29) is 17.5 Å². The summed E-state index contributed by atoms with van der Waals surface area (Å²) < 4.78 is 46.0. The predicted molar refractivity (Wildman–Crippen MR) is 126 cm³/mol. The summed E-state index contributed by atoms with van der Waals surface area (Å²) in [6, 6.07) is 11.3. The number of rotatable bonds is 4. The minimum atomic E-state index is -4.50. The van der Waals surface area contributed by atoms with Crippen LogP contribution in [-0.2, 0) is 11.0 Å². The number of alkyl halides is 3. The van der Waals surface area contributed by atoms with Crippen LogP contribution < -0.4 is 15.0 Å². The first-order chi connectivity index (χ1) is 15.9. The molecule has 1 fully saturated rings. The molecule has 2 heterocycles. The summed E-state index contributed by atoms with van der Waals surface area (Å²) in [6.07, 6.45) is -4.50. The Morgan fingerprint density at radius 3 is 2.41 bits per heavy atom. The Bertz CT molecular complexity index is 1160. The minimum Gasteiger partial charge on any atom is -0.497 e. The number of fused-ring (bicyclic) bond motifs is 1. The van der Waals surface area contributed by atoms with Crippen LogP contribution in [0, 0.1) is 5.92 Å². The molecule has 5 nitrogen and oxygen atoms in total. The van der Waals surface area contributed by atoms with E-state index >= 15 is 0 Å². The largest absolute Gasteiger partial charge is 0.497 e. The fourth-order valence-corrected chi connectivity index (χ4v) is 4.46. The zero-order valence-electron chi connectivity index (χ0n) is 19.8. The zero-order chi connectivity index (χ0) is 24.8. The van der Waals surface area contributed by atoms with Gasteiger partial charge in [-0.05, 0) is 61.7 Å². The number of nitrogens with one attached hydrogen (secondary N) is 1. The number of allylic oxidation sites excluding steroid dienone is 1. The number of hydrogen-bond acceptors (Lipinski definition) is 4. The Morgan fingerprint density at radius 2 is 1.82 bits per heavy atom. The third kappa shape index (κ3) is 4.29. The van der Waals surface area contributed by atoms with Gasteiger partial charge in [0.15, 0.2) is 0 Å². The molecule has 2 aliphatic rings. The maximum absolute atomic E-state index is 13.8. The first-order valence-corrected chi connectivity index (χ1v) is 11.2.